The normalized spacial score (nSPS) is 10.1. The predicted molar refractivity (Wildman–Crippen MR) is 55.5 cm³/mol. The van der Waals surface area contributed by atoms with Gasteiger partial charge in [-0.1, -0.05) is 0 Å². The summed E-state index contributed by atoms with van der Waals surface area (Å²) in [6.07, 6.45) is 5.37. The van der Waals surface area contributed by atoms with E-state index in [2.05, 4.69) is 10.1 Å². The number of hydrogen-bond acceptors (Lipinski definition) is 3. The Kier molecular flexibility index (Phi) is 2.18. The Hall–Kier alpha value is -1.84. The fraction of sp³-hybridized carbons (Fsp3) is 0.200. The van der Waals surface area contributed by atoms with Gasteiger partial charge in [0.05, 0.1) is 18.1 Å². The van der Waals surface area contributed by atoms with Gasteiger partial charge in [-0.05, 0) is 12.1 Å². The van der Waals surface area contributed by atoms with Crippen LogP contribution in [0.1, 0.15) is 0 Å². The summed E-state index contributed by atoms with van der Waals surface area (Å²) in [6, 6.07) is 5.90. The zero-order valence-electron chi connectivity index (χ0n) is 8.25. The van der Waals surface area contributed by atoms with Gasteiger partial charge in [0.25, 0.3) is 0 Å². The van der Waals surface area contributed by atoms with Crippen molar-refractivity contribution in [3.8, 4) is 0 Å². The van der Waals surface area contributed by atoms with Crippen LogP contribution in [-0.2, 0) is 7.05 Å². The molecule has 2 aromatic heterocycles. The molecule has 0 aromatic carbocycles. The number of pyridine rings is 1. The number of nitrogens with zero attached hydrogens (tertiary/aromatic N) is 4. The molecule has 4 nitrogen and oxygen atoms in total. The van der Waals surface area contributed by atoms with Crippen LogP contribution in [0.25, 0.3) is 0 Å². The second-order valence-electron chi connectivity index (χ2n) is 3.08. The Labute approximate surface area is 82.8 Å². The van der Waals surface area contributed by atoms with E-state index in [-0.39, 0.29) is 0 Å². The van der Waals surface area contributed by atoms with Crippen LogP contribution in [0.2, 0.25) is 0 Å². The molecule has 2 aromatic rings. The maximum atomic E-state index is 4.12. The van der Waals surface area contributed by atoms with E-state index in [1.807, 2.05) is 48.1 Å². The molecular weight excluding hydrogens is 176 g/mol. The van der Waals surface area contributed by atoms with Crippen molar-refractivity contribution in [3.05, 3.63) is 36.8 Å². The highest BCUT2D eigenvalue weighted by atomic mass is 15.3. The Bertz CT molecular complexity index is 407. The maximum Gasteiger partial charge on any atom is 0.130 e. The Balaban J connectivity index is 2.34. The Morgan fingerprint density at radius 1 is 1.29 bits per heavy atom. The molecule has 72 valence electrons. The van der Waals surface area contributed by atoms with Crippen LogP contribution in [0.4, 0.5) is 11.5 Å². The topological polar surface area (TPSA) is 34.0 Å². The summed E-state index contributed by atoms with van der Waals surface area (Å²) in [5, 5.41) is 4.12. The molecule has 0 aliphatic heterocycles. The van der Waals surface area contributed by atoms with Crippen molar-refractivity contribution in [2.45, 2.75) is 0 Å². The molecule has 0 spiro atoms. The summed E-state index contributed by atoms with van der Waals surface area (Å²) in [5.41, 5.74) is 1.05. The molecule has 0 fully saturated rings. The van der Waals surface area contributed by atoms with Crippen molar-refractivity contribution in [2.24, 2.45) is 7.05 Å². The van der Waals surface area contributed by atoms with Crippen molar-refractivity contribution < 1.29 is 0 Å². The summed E-state index contributed by atoms with van der Waals surface area (Å²) < 4.78 is 1.83. The van der Waals surface area contributed by atoms with E-state index in [1.165, 1.54) is 0 Å². The molecule has 0 aliphatic carbocycles. The second kappa shape index (κ2) is 3.49. The zero-order valence-corrected chi connectivity index (χ0v) is 8.25. The summed E-state index contributed by atoms with van der Waals surface area (Å²) in [7, 11) is 3.91. The quantitative estimate of drug-likeness (QED) is 0.717. The minimum atomic E-state index is 1.04. The third kappa shape index (κ3) is 1.46. The lowest BCUT2D eigenvalue weighted by atomic mass is 10.4. The molecule has 2 rings (SSSR count). The van der Waals surface area contributed by atoms with Gasteiger partial charge in [-0.3, -0.25) is 9.67 Å². The minimum absolute atomic E-state index is 1.04. The molecule has 0 saturated heterocycles. The molecular formula is C10H12N4. The second-order valence-corrected chi connectivity index (χ2v) is 3.08. The monoisotopic (exact) mass is 188 g/mol. The van der Waals surface area contributed by atoms with E-state index >= 15 is 0 Å². The van der Waals surface area contributed by atoms with E-state index in [9.17, 15) is 0 Å². The molecule has 0 N–H and O–H groups in total. The SMILES string of the molecule is CN(c1cccnc1)c1ccnn1C. The van der Waals surface area contributed by atoms with E-state index in [0.717, 1.165) is 11.5 Å². The molecule has 0 atom stereocenters. The van der Waals surface area contributed by atoms with Crippen molar-refractivity contribution in [3.63, 3.8) is 0 Å². The zero-order chi connectivity index (χ0) is 9.97. The van der Waals surface area contributed by atoms with Crippen LogP contribution >= 0.6 is 0 Å². The number of rotatable bonds is 2. The van der Waals surface area contributed by atoms with Crippen molar-refractivity contribution in [1.82, 2.24) is 14.8 Å². The van der Waals surface area contributed by atoms with Gasteiger partial charge in [-0.2, -0.15) is 5.10 Å². The highest BCUT2D eigenvalue weighted by Gasteiger charge is 2.06. The first kappa shape index (κ1) is 8.74. The summed E-state index contributed by atoms with van der Waals surface area (Å²) >= 11 is 0. The molecule has 0 unspecified atom stereocenters. The lowest BCUT2D eigenvalue weighted by Gasteiger charge is -2.18. The third-order valence-electron chi connectivity index (χ3n) is 2.17. The molecule has 4 heteroatoms. The Morgan fingerprint density at radius 3 is 2.71 bits per heavy atom. The van der Waals surface area contributed by atoms with Crippen LogP contribution < -0.4 is 4.90 Å². The highest BCUT2D eigenvalue weighted by Crippen LogP contribution is 2.20. The van der Waals surface area contributed by atoms with Crippen LogP contribution in [0.15, 0.2) is 36.8 Å². The van der Waals surface area contributed by atoms with Crippen molar-refractivity contribution in [2.75, 3.05) is 11.9 Å². The average molecular weight is 188 g/mol. The van der Waals surface area contributed by atoms with Gasteiger partial charge in [0.1, 0.15) is 5.82 Å². The van der Waals surface area contributed by atoms with Crippen LogP contribution in [0.3, 0.4) is 0 Å². The number of hydrogen-bond donors (Lipinski definition) is 0. The lowest BCUT2D eigenvalue weighted by molar-refractivity contribution is 0.760. The smallest absolute Gasteiger partial charge is 0.130 e. The number of aromatic nitrogens is 3. The standard InChI is InChI=1S/C10H12N4/c1-13(9-4-3-6-11-8-9)10-5-7-12-14(10)2/h3-8H,1-2H3. The number of anilines is 2. The number of aryl methyl sites for hydroxylation is 1. The molecule has 14 heavy (non-hydrogen) atoms. The first-order valence-electron chi connectivity index (χ1n) is 4.41. The minimum Gasteiger partial charge on any atom is -0.328 e. The first-order chi connectivity index (χ1) is 6.79. The van der Waals surface area contributed by atoms with Gasteiger partial charge < -0.3 is 4.90 Å². The molecule has 0 radical (unpaired) electrons. The molecule has 0 amide bonds. The first-order valence-corrected chi connectivity index (χ1v) is 4.41. The van der Waals surface area contributed by atoms with Gasteiger partial charge in [0.2, 0.25) is 0 Å². The van der Waals surface area contributed by atoms with Gasteiger partial charge >= 0.3 is 0 Å². The van der Waals surface area contributed by atoms with Crippen molar-refractivity contribution in [1.29, 1.82) is 0 Å². The van der Waals surface area contributed by atoms with E-state index in [0.29, 0.717) is 0 Å². The van der Waals surface area contributed by atoms with Crippen LogP contribution in [0.5, 0.6) is 0 Å². The van der Waals surface area contributed by atoms with E-state index in [4.69, 9.17) is 0 Å². The van der Waals surface area contributed by atoms with Crippen LogP contribution in [-0.4, -0.2) is 21.8 Å². The molecule has 0 aliphatic rings. The van der Waals surface area contributed by atoms with Crippen molar-refractivity contribution >= 4 is 11.5 Å². The molecule has 0 saturated carbocycles. The highest BCUT2D eigenvalue weighted by molar-refractivity contribution is 5.57. The Morgan fingerprint density at radius 2 is 2.14 bits per heavy atom. The summed E-state index contributed by atoms with van der Waals surface area (Å²) in [5.74, 6) is 1.04. The predicted octanol–water partition coefficient (Wildman–Crippen LogP) is 1.58. The van der Waals surface area contributed by atoms with Gasteiger partial charge in [0.15, 0.2) is 0 Å². The van der Waals surface area contributed by atoms with E-state index < -0.39 is 0 Å². The fourth-order valence-corrected chi connectivity index (χ4v) is 1.38. The maximum absolute atomic E-state index is 4.12. The summed E-state index contributed by atoms with van der Waals surface area (Å²) in [4.78, 5) is 6.12. The van der Waals surface area contributed by atoms with E-state index in [1.54, 1.807) is 12.4 Å². The molecule has 0 bridgehead atoms. The van der Waals surface area contributed by atoms with Crippen LogP contribution in [0, 0.1) is 0 Å². The largest absolute Gasteiger partial charge is 0.328 e. The van der Waals surface area contributed by atoms with Gasteiger partial charge in [-0.25, -0.2) is 0 Å². The van der Waals surface area contributed by atoms with Gasteiger partial charge in [-0.15, -0.1) is 0 Å². The van der Waals surface area contributed by atoms with Gasteiger partial charge in [0, 0.05) is 26.4 Å². The average Bonchev–Trinajstić information content (AvgIpc) is 2.65. The lowest BCUT2D eigenvalue weighted by Crippen LogP contribution is -2.13. The fourth-order valence-electron chi connectivity index (χ4n) is 1.38. The third-order valence-corrected chi connectivity index (χ3v) is 2.17. The summed E-state index contributed by atoms with van der Waals surface area (Å²) in [6.45, 7) is 0. The molecule has 2 heterocycles.